The SMILES string of the molecule is O=C(NC[C@@H](c1ccco1)N1CCCCC1)c1ccoc1. The Morgan fingerprint density at radius 2 is 2.10 bits per heavy atom. The molecule has 5 heteroatoms. The van der Waals surface area contributed by atoms with Gasteiger partial charge in [-0.3, -0.25) is 9.69 Å². The summed E-state index contributed by atoms with van der Waals surface area (Å²) in [6, 6.07) is 5.63. The van der Waals surface area contributed by atoms with Gasteiger partial charge < -0.3 is 14.2 Å². The van der Waals surface area contributed by atoms with Crippen LogP contribution in [0, 0.1) is 0 Å². The normalized spacial score (nSPS) is 17.5. The van der Waals surface area contributed by atoms with Crippen LogP contribution in [0.1, 0.15) is 41.4 Å². The highest BCUT2D eigenvalue weighted by atomic mass is 16.3. The Morgan fingerprint density at radius 1 is 1.24 bits per heavy atom. The molecule has 1 N–H and O–H groups in total. The van der Waals surface area contributed by atoms with Gasteiger partial charge in [-0.05, 0) is 44.1 Å². The summed E-state index contributed by atoms with van der Waals surface area (Å²) >= 11 is 0. The van der Waals surface area contributed by atoms with Crippen molar-refractivity contribution in [1.29, 1.82) is 0 Å². The highest BCUT2D eigenvalue weighted by molar-refractivity contribution is 5.93. The summed E-state index contributed by atoms with van der Waals surface area (Å²) in [6.07, 6.45) is 8.33. The number of nitrogens with zero attached hydrogens (tertiary/aromatic N) is 1. The van der Waals surface area contributed by atoms with Gasteiger partial charge in [-0.25, -0.2) is 0 Å². The molecule has 1 saturated heterocycles. The van der Waals surface area contributed by atoms with Crippen molar-refractivity contribution in [2.75, 3.05) is 19.6 Å². The van der Waals surface area contributed by atoms with Crippen molar-refractivity contribution in [3.8, 4) is 0 Å². The van der Waals surface area contributed by atoms with Gasteiger partial charge in [0.15, 0.2) is 0 Å². The van der Waals surface area contributed by atoms with Crippen LogP contribution in [0.25, 0.3) is 0 Å². The van der Waals surface area contributed by atoms with Gasteiger partial charge in [0.1, 0.15) is 12.0 Å². The van der Waals surface area contributed by atoms with Gasteiger partial charge in [-0.2, -0.15) is 0 Å². The fourth-order valence-corrected chi connectivity index (χ4v) is 2.81. The molecular weight excluding hydrogens is 268 g/mol. The number of carbonyl (C=O) groups is 1. The van der Waals surface area contributed by atoms with E-state index in [0.29, 0.717) is 12.1 Å². The van der Waals surface area contributed by atoms with Crippen molar-refractivity contribution in [2.45, 2.75) is 25.3 Å². The maximum atomic E-state index is 12.0. The average molecular weight is 288 g/mol. The topological polar surface area (TPSA) is 58.6 Å². The second kappa shape index (κ2) is 6.63. The number of hydrogen-bond donors (Lipinski definition) is 1. The van der Waals surface area contributed by atoms with Gasteiger partial charge in [-0.1, -0.05) is 6.42 Å². The first-order valence-corrected chi connectivity index (χ1v) is 7.42. The van der Waals surface area contributed by atoms with Crippen LogP contribution in [0.2, 0.25) is 0 Å². The highest BCUT2D eigenvalue weighted by Gasteiger charge is 2.25. The van der Waals surface area contributed by atoms with E-state index in [-0.39, 0.29) is 11.9 Å². The number of nitrogens with one attached hydrogen (secondary N) is 1. The number of likely N-dealkylation sites (tertiary alicyclic amines) is 1. The summed E-state index contributed by atoms with van der Waals surface area (Å²) in [5.74, 6) is 0.793. The first-order chi connectivity index (χ1) is 10.3. The predicted octanol–water partition coefficient (Wildman–Crippen LogP) is 2.83. The second-order valence-corrected chi connectivity index (χ2v) is 5.35. The summed E-state index contributed by atoms with van der Waals surface area (Å²) in [4.78, 5) is 14.4. The minimum Gasteiger partial charge on any atom is -0.472 e. The molecule has 2 aromatic heterocycles. The van der Waals surface area contributed by atoms with Crippen molar-refractivity contribution in [3.63, 3.8) is 0 Å². The van der Waals surface area contributed by atoms with Crippen LogP contribution in [-0.4, -0.2) is 30.4 Å². The zero-order valence-electron chi connectivity index (χ0n) is 12.0. The lowest BCUT2D eigenvalue weighted by Gasteiger charge is -2.33. The number of hydrogen-bond acceptors (Lipinski definition) is 4. The Balaban J connectivity index is 1.66. The van der Waals surface area contributed by atoms with Crippen LogP contribution in [0.5, 0.6) is 0 Å². The van der Waals surface area contributed by atoms with Crippen LogP contribution in [0.15, 0.2) is 45.8 Å². The zero-order valence-corrected chi connectivity index (χ0v) is 12.0. The molecule has 0 unspecified atom stereocenters. The molecule has 1 aliphatic heterocycles. The van der Waals surface area contributed by atoms with Crippen LogP contribution in [0.4, 0.5) is 0 Å². The molecule has 0 bridgehead atoms. The van der Waals surface area contributed by atoms with E-state index in [9.17, 15) is 4.79 Å². The summed E-state index contributed by atoms with van der Waals surface area (Å²) in [5, 5.41) is 2.97. The molecule has 0 spiro atoms. The maximum Gasteiger partial charge on any atom is 0.254 e. The predicted molar refractivity (Wildman–Crippen MR) is 77.9 cm³/mol. The van der Waals surface area contributed by atoms with Crippen molar-refractivity contribution in [2.24, 2.45) is 0 Å². The number of carbonyl (C=O) groups excluding carboxylic acids is 1. The molecule has 0 aromatic carbocycles. The van der Waals surface area contributed by atoms with Crippen molar-refractivity contribution in [3.05, 3.63) is 48.3 Å². The first kappa shape index (κ1) is 13.9. The zero-order chi connectivity index (χ0) is 14.5. The molecule has 3 heterocycles. The van der Waals surface area contributed by atoms with Gasteiger partial charge in [0.25, 0.3) is 5.91 Å². The maximum absolute atomic E-state index is 12.0. The lowest BCUT2D eigenvalue weighted by Crippen LogP contribution is -2.40. The molecule has 1 atom stereocenters. The molecular formula is C16H20N2O3. The quantitative estimate of drug-likeness (QED) is 0.919. The lowest BCUT2D eigenvalue weighted by molar-refractivity contribution is 0.0913. The van der Waals surface area contributed by atoms with E-state index in [1.807, 2.05) is 12.1 Å². The third-order valence-corrected chi connectivity index (χ3v) is 3.94. The van der Waals surface area contributed by atoms with Gasteiger partial charge >= 0.3 is 0 Å². The van der Waals surface area contributed by atoms with E-state index in [1.165, 1.54) is 31.8 Å². The van der Waals surface area contributed by atoms with E-state index in [2.05, 4.69) is 10.2 Å². The molecule has 0 aliphatic carbocycles. The third kappa shape index (κ3) is 3.36. The molecule has 2 aromatic rings. The molecule has 1 aliphatic rings. The minimum absolute atomic E-state index is 0.0937. The Kier molecular flexibility index (Phi) is 4.40. The van der Waals surface area contributed by atoms with Crippen LogP contribution >= 0.6 is 0 Å². The molecule has 0 saturated carbocycles. The Morgan fingerprint density at radius 3 is 2.76 bits per heavy atom. The molecule has 5 nitrogen and oxygen atoms in total. The fraction of sp³-hybridized carbons (Fsp3) is 0.438. The smallest absolute Gasteiger partial charge is 0.254 e. The van der Waals surface area contributed by atoms with Crippen molar-refractivity contribution < 1.29 is 13.6 Å². The molecule has 1 fully saturated rings. The van der Waals surface area contributed by atoms with Crippen molar-refractivity contribution in [1.82, 2.24) is 10.2 Å². The number of rotatable bonds is 5. The van der Waals surface area contributed by atoms with Crippen LogP contribution in [0.3, 0.4) is 0 Å². The molecule has 21 heavy (non-hydrogen) atoms. The van der Waals surface area contributed by atoms with Gasteiger partial charge in [0.2, 0.25) is 0 Å². The fourth-order valence-electron chi connectivity index (χ4n) is 2.81. The number of furan rings is 2. The Hall–Kier alpha value is -2.01. The monoisotopic (exact) mass is 288 g/mol. The lowest BCUT2D eigenvalue weighted by atomic mass is 10.1. The summed E-state index contributed by atoms with van der Waals surface area (Å²) in [5.41, 5.74) is 0.548. The number of piperidine rings is 1. The minimum atomic E-state index is -0.114. The highest BCUT2D eigenvalue weighted by Crippen LogP contribution is 2.24. The van der Waals surface area contributed by atoms with Gasteiger partial charge in [0.05, 0.1) is 24.1 Å². The number of amides is 1. The Bertz CT molecular complexity index is 542. The van der Waals surface area contributed by atoms with Crippen molar-refractivity contribution >= 4 is 5.91 Å². The van der Waals surface area contributed by atoms with E-state index in [1.54, 1.807) is 12.3 Å². The van der Waals surface area contributed by atoms with E-state index in [4.69, 9.17) is 8.83 Å². The molecule has 3 rings (SSSR count). The summed E-state index contributed by atoms with van der Waals surface area (Å²) in [7, 11) is 0. The van der Waals surface area contributed by atoms with E-state index >= 15 is 0 Å². The summed E-state index contributed by atoms with van der Waals surface area (Å²) < 4.78 is 10.5. The van der Waals surface area contributed by atoms with Gasteiger partial charge in [0, 0.05) is 6.54 Å². The first-order valence-electron chi connectivity index (χ1n) is 7.42. The van der Waals surface area contributed by atoms with Crippen LogP contribution < -0.4 is 5.32 Å². The van der Waals surface area contributed by atoms with Gasteiger partial charge in [-0.15, -0.1) is 0 Å². The second-order valence-electron chi connectivity index (χ2n) is 5.35. The third-order valence-electron chi connectivity index (χ3n) is 3.94. The van der Waals surface area contributed by atoms with Crippen LogP contribution in [-0.2, 0) is 0 Å². The van der Waals surface area contributed by atoms with E-state index < -0.39 is 0 Å². The standard InChI is InChI=1S/C16H20N2O3/c19-16(13-6-10-20-12-13)17-11-14(15-5-4-9-21-15)18-7-2-1-3-8-18/h4-6,9-10,12,14H,1-3,7-8,11H2,(H,17,19)/t14-/m0/s1. The summed E-state index contributed by atoms with van der Waals surface area (Å²) in [6.45, 7) is 2.64. The van der Waals surface area contributed by atoms with E-state index in [0.717, 1.165) is 18.8 Å². The molecule has 1 amide bonds. The largest absolute Gasteiger partial charge is 0.472 e. The molecule has 112 valence electrons. The Labute approximate surface area is 123 Å². The molecule has 0 radical (unpaired) electrons. The average Bonchev–Trinajstić information content (AvgIpc) is 3.22.